The van der Waals surface area contributed by atoms with Crippen LogP contribution in [0.5, 0.6) is 0 Å². The van der Waals surface area contributed by atoms with Gasteiger partial charge in [0.05, 0.1) is 34.0 Å². The standard InChI is InChI=1S/C27H28N4O2S/c1-26(2)18-12-13-27(26,3)22(14-18)30-23(32)16-34-25-29-21-7-5-4-6-20(21)24(33)31(25)19-10-8-17(15-28)9-11-19/h4-11,18,22H,12-14,16H2,1-3H3,(H,30,32). The number of amides is 1. The Hall–Kier alpha value is -3.11. The summed E-state index contributed by atoms with van der Waals surface area (Å²) in [5, 5.41) is 13.4. The molecule has 3 aromatic rings. The van der Waals surface area contributed by atoms with Crippen LogP contribution in [0.25, 0.3) is 16.6 Å². The number of carbonyl (C=O) groups excluding carboxylic acids is 1. The van der Waals surface area contributed by atoms with Crippen LogP contribution in [0, 0.1) is 28.1 Å². The van der Waals surface area contributed by atoms with Gasteiger partial charge in [0.15, 0.2) is 5.16 Å². The van der Waals surface area contributed by atoms with Gasteiger partial charge >= 0.3 is 0 Å². The molecule has 34 heavy (non-hydrogen) atoms. The molecule has 174 valence electrons. The summed E-state index contributed by atoms with van der Waals surface area (Å²) in [5.41, 5.74) is 1.88. The number of carbonyl (C=O) groups is 1. The molecule has 1 aromatic heterocycles. The molecule has 5 rings (SSSR count). The van der Waals surface area contributed by atoms with Crippen molar-refractivity contribution in [3.8, 4) is 11.8 Å². The maximum Gasteiger partial charge on any atom is 0.266 e. The van der Waals surface area contributed by atoms with Gasteiger partial charge < -0.3 is 5.32 Å². The Bertz CT molecular complexity index is 1370. The van der Waals surface area contributed by atoms with Crippen molar-refractivity contribution in [1.29, 1.82) is 5.26 Å². The summed E-state index contributed by atoms with van der Waals surface area (Å²) in [7, 11) is 0. The summed E-state index contributed by atoms with van der Waals surface area (Å²) >= 11 is 1.27. The molecule has 2 saturated carbocycles. The maximum absolute atomic E-state index is 13.4. The number of rotatable bonds is 5. The Labute approximate surface area is 203 Å². The first-order valence-electron chi connectivity index (χ1n) is 11.7. The van der Waals surface area contributed by atoms with E-state index in [9.17, 15) is 9.59 Å². The number of nitrogens with zero attached hydrogens (tertiary/aromatic N) is 3. The molecule has 2 aliphatic rings. The number of nitriles is 1. The van der Waals surface area contributed by atoms with E-state index in [-0.39, 0.29) is 34.1 Å². The zero-order valence-electron chi connectivity index (χ0n) is 19.7. The van der Waals surface area contributed by atoms with Crippen molar-refractivity contribution < 1.29 is 4.79 Å². The molecule has 2 aliphatic carbocycles. The Morgan fingerprint density at radius 3 is 2.59 bits per heavy atom. The third-order valence-electron chi connectivity index (χ3n) is 8.46. The maximum atomic E-state index is 13.4. The fourth-order valence-electron chi connectivity index (χ4n) is 5.91. The Kier molecular flexibility index (Phi) is 5.52. The highest BCUT2D eigenvalue weighted by molar-refractivity contribution is 7.99. The summed E-state index contributed by atoms with van der Waals surface area (Å²) in [6.45, 7) is 6.98. The summed E-state index contributed by atoms with van der Waals surface area (Å²) in [5.74, 6) is 0.797. The number of nitrogens with one attached hydrogen (secondary N) is 1. The van der Waals surface area contributed by atoms with E-state index in [0.29, 0.717) is 33.2 Å². The number of hydrogen-bond donors (Lipinski definition) is 1. The van der Waals surface area contributed by atoms with Crippen molar-refractivity contribution in [3.05, 3.63) is 64.4 Å². The van der Waals surface area contributed by atoms with E-state index >= 15 is 0 Å². The second-order valence-corrected chi connectivity index (χ2v) is 11.2. The molecule has 7 heteroatoms. The van der Waals surface area contributed by atoms with Crippen molar-refractivity contribution in [1.82, 2.24) is 14.9 Å². The molecule has 3 atom stereocenters. The Morgan fingerprint density at radius 2 is 1.94 bits per heavy atom. The molecule has 6 nitrogen and oxygen atoms in total. The minimum atomic E-state index is -0.194. The third kappa shape index (κ3) is 3.52. The van der Waals surface area contributed by atoms with Gasteiger partial charge in [0.1, 0.15) is 0 Å². The van der Waals surface area contributed by atoms with E-state index in [4.69, 9.17) is 10.2 Å². The molecule has 0 radical (unpaired) electrons. The van der Waals surface area contributed by atoms with Gasteiger partial charge in [-0.15, -0.1) is 0 Å². The van der Waals surface area contributed by atoms with Gasteiger partial charge in [-0.1, -0.05) is 44.7 Å². The van der Waals surface area contributed by atoms with Gasteiger partial charge in [0.2, 0.25) is 5.91 Å². The van der Waals surface area contributed by atoms with Crippen LogP contribution in [0.1, 0.15) is 45.6 Å². The third-order valence-corrected chi connectivity index (χ3v) is 9.40. The smallest absolute Gasteiger partial charge is 0.266 e. The second kappa shape index (κ2) is 8.28. The first-order valence-corrected chi connectivity index (χ1v) is 12.7. The Morgan fingerprint density at radius 1 is 1.21 bits per heavy atom. The van der Waals surface area contributed by atoms with Crippen LogP contribution >= 0.6 is 11.8 Å². The monoisotopic (exact) mass is 472 g/mol. The van der Waals surface area contributed by atoms with Crippen LogP contribution in [-0.4, -0.2) is 27.3 Å². The van der Waals surface area contributed by atoms with E-state index < -0.39 is 0 Å². The van der Waals surface area contributed by atoms with Crippen molar-refractivity contribution in [3.63, 3.8) is 0 Å². The number of para-hydroxylation sites is 1. The van der Waals surface area contributed by atoms with E-state index in [2.05, 4.69) is 32.2 Å². The molecule has 0 saturated heterocycles. The zero-order valence-corrected chi connectivity index (χ0v) is 20.5. The van der Waals surface area contributed by atoms with Gasteiger partial charge in [-0.05, 0) is 72.4 Å². The molecular formula is C27H28N4O2S. The number of thioether (sulfide) groups is 1. The zero-order chi connectivity index (χ0) is 24.1. The summed E-state index contributed by atoms with van der Waals surface area (Å²) < 4.78 is 1.53. The fourth-order valence-corrected chi connectivity index (χ4v) is 6.73. The highest BCUT2D eigenvalue weighted by Crippen LogP contribution is 2.65. The first-order chi connectivity index (χ1) is 16.2. The molecule has 0 spiro atoms. The van der Waals surface area contributed by atoms with Crippen molar-refractivity contribution in [2.75, 3.05) is 5.75 Å². The van der Waals surface area contributed by atoms with Crippen LogP contribution < -0.4 is 10.9 Å². The van der Waals surface area contributed by atoms with E-state index in [1.165, 1.54) is 22.7 Å². The molecule has 3 unspecified atom stereocenters. The minimum Gasteiger partial charge on any atom is -0.352 e. The average molecular weight is 473 g/mol. The number of aromatic nitrogens is 2. The molecule has 1 amide bonds. The number of hydrogen-bond acceptors (Lipinski definition) is 5. The normalized spacial score (nSPS) is 24.8. The predicted molar refractivity (Wildman–Crippen MR) is 134 cm³/mol. The van der Waals surface area contributed by atoms with Gasteiger partial charge in [0.25, 0.3) is 5.56 Å². The van der Waals surface area contributed by atoms with Crippen molar-refractivity contribution >= 4 is 28.6 Å². The van der Waals surface area contributed by atoms with Crippen LogP contribution in [0.15, 0.2) is 58.5 Å². The fraction of sp³-hybridized carbons (Fsp3) is 0.407. The van der Waals surface area contributed by atoms with Crippen molar-refractivity contribution in [2.24, 2.45) is 16.7 Å². The molecule has 0 aliphatic heterocycles. The van der Waals surface area contributed by atoms with Crippen LogP contribution in [0.2, 0.25) is 0 Å². The van der Waals surface area contributed by atoms with Gasteiger partial charge in [-0.3, -0.25) is 14.2 Å². The van der Waals surface area contributed by atoms with E-state index in [1.54, 1.807) is 30.3 Å². The van der Waals surface area contributed by atoms with Crippen LogP contribution in [0.3, 0.4) is 0 Å². The van der Waals surface area contributed by atoms with Crippen molar-refractivity contribution in [2.45, 2.75) is 51.2 Å². The minimum absolute atomic E-state index is 0.0339. The summed E-state index contributed by atoms with van der Waals surface area (Å²) in [6.07, 6.45) is 3.42. The molecule has 2 bridgehead atoms. The number of benzene rings is 2. The van der Waals surface area contributed by atoms with E-state index in [0.717, 1.165) is 12.8 Å². The van der Waals surface area contributed by atoms with Gasteiger partial charge in [-0.2, -0.15) is 5.26 Å². The number of fused-ring (bicyclic) bond motifs is 3. The lowest BCUT2D eigenvalue weighted by Crippen LogP contribution is -2.47. The highest BCUT2D eigenvalue weighted by atomic mass is 32.2. The lowest BCUT2D eigenvalue weighted by molar-refractivity contribution is -0.120. The quantitative estimate of drug-likeness (QED) is 0.430. The summed E-state index contributed by atoms with van der Waals surface area (Å²) in [6, 6.07) is 16.3. The lowest BCUT2D eigenvalue weighted by atomic mass is 9.69. The second-order valence-electron chi connectivity index (χ2n) is 10.2. The molecule has 1 heterocycles. The molecule has 2 fully saturated rings. The van der Waals surface area contributed by atoms with E-state index in [1.807, 2.05) is 18.2 Å². The first kappa shape index (κ1) is 22.7. The molecular weight excluding hydrogens is 444 g/mol. The highest BCUT2D eigenvalue weighted by Gasteiger charge is 2.61. The molecule has 1 N–H and O–H groups in total. The van der Waals surface area contributed by atoms with Gasteiger partial charge in [-0.25, -0.2) is 4.98 Å². The van der Waals surface area contributed by atoms with Crippen LogP contribution in [-0.2, 0) is 4.79 Å². The van der Waals surface area contributed by atoms with Gasteiger partial charge in [0, 0.05) is 6.04 Å². The molecule has 2 aromatic carbocycles. The summed E-state index contributed by atoms with van der Waals surface area (Å²) in [4.78, 5) is 31.1. The largest absolute Gasteiger partial charge is 0.352 e. The van der Waals surface area contributed by atoms with Crippen LogP contribution in [0.4, 0.5) is 0 Å². The topological polar surface area (TPSA) is 87.8 Å². The predicted octanol–water partition coefficient (Wildman–Crippen LogP) is 4.68. The Balaban J connectivity index is 1.42. The average Bonchev–Trinajstić information content (AvgIpc) is 3.17. The SMILES string of the molecule is CC1(C)C2CCC1(C)C(NC(=O)CSc1nc3ccccc3c(=O)n1-c1ccc(C#N)cc1)C2. The lowest BCUT2D eigenvalue weighted by Gasteiger charge is -2.39.